The first-order valence-corrected chi connectivity index (χ1v) is 3.98. The van der Waals surface area contributed by atoms with Crippen molar-refractivity contribution in [3.05, 3.63) is 0 Å². The van der Waals surface area contributed by atoms with Gasteiger partial charge in [0.25, 0.3) is 0 Å². The molecule has 0 saturated heterocycles. The van der Waals surface area contributed by atoms with Gasteiger partial charge in [0.2, 0.25) is 0 Å². The molecular formula is C7H18N2O. The number of nitrogens with zero attached hydrogens (tertiary/aromatic N) is 1. The van der Waals surface area contributed by atoms with Crippen LogP contribution in [0.3, 0.4) is 0 Å². The Balaban J connectivity index is 2.77. The van der Waals surface area contributed by atoms with Gasteiger partial charge in [0.15, 0.2) is 0 Å². The van der Waals surface area contributed by atoms with E-state index in [9.17, 15) is 0 Å². The molecule has 0 rings (SSSR count). The Morgan fingerprint density at radius 3 is 2.30 bits per heavy atom. The lowest BCUT2D eigenvalue weighted by molar-refractivity contribution is -0.0938. The van der Waals surface area contributed by atoms with Gasteiger partial charge in [0.05, 0.1) is 0 Å². The molecule has 0 unspecified atom stereocenters. The van der Waals surface area contributed by atoms with E-state index in [1.165, 1.54) is 25.7 Å². The first-order chi connectivity index (χ1) is 4.77. The number of nitrogens with two attached hydrogens (primary N) is 1. The molecule has 0 aromatic rings. The van der Waals surface area contributed by atoms with Gasteiger partial charge in [-0.25, -0.2) is 5.84 Å². The van der Waals surface area contributed by atoms with Crippen LogP contribution in [0.4, 0.5) is 0 Å². The highest BCUT2D eigenvalue weighted by Gasteiger charge is 1.91. The average molecular weight is 146 g/mol. The van der Waals surface area contributed by atoms with Gasteiger partial charge in [-0.15, -0.1) is 5.17 Å². The summed E-state index contributed by atoms with van der Waals surface area (Å²) in [6.45, 7) is 2.77. The molecule has 0 amide bonds. The average Bonchev–Trinajstić information content (AvgIpc) is 1.87. The van der Waals surface area contributed by atoms with Crippen molar-refractivity contribution >= 4 is 0 Å². The topological polar surface area (TPSA) is 49.5 Å². The first kappa shape index (κ1) is 9.88. The number of hydrazine groups is 1. The molecule has 10 heavy (non-hydrogen) atoms. The second-order valence-electron chi connectivity index (χ2n) is 2.58. The van der Waals surface area contributed by atoms with E-state index in [2.05, 4.69) is 6.92 Å². The first-order valence-electron chi connectivity index (χ1n) is 3.98. The van der Waals surface area contributed by atoms with Crippen molar-refractivity contribution in [1.82, 2.24) is 5.17 Å². The number of hydrogen-bond donors (Lipinski definition) is 2. The van der Waals surface area contributed by atoms with Crippen molar-refractivity contribution in [1.29, 1.82) is 0 Å². The monoisotopic (exact) mass is 146 g/mol. The fraction of sp³-hybridized carbons (Fsp3) is 1.00. The predicted octanol–water partition coefficient (Wildman–Crippen LogP) is 1.52. The molecule has 0 spiro atoms. The largest absolute Gasteiger partial charge is 0.299 e. The molecule has 0 saturated carbocycles. The molecule has 0 heterocycles. The van der Waals surface area contributed by atoms with Crippen LogP contribution >= 0.6 is 0 Å². The zero-order chi connectivity index (χ0) is 7.82. The van der Waals surface area contributed by atoms with Crippen LogP contribution in [-0.4, -0.2) is 16.9 Å². The van der Waals surface area contributed by atoms with Crippen LogP contribution in [0.25, 0.3) is 0 Å². The maximum absolute atomic E-state index is 8.52. The molecule has 3 heteroatoms. The molecule has 0 aliphatic carbocycles. The second-order valence-corrected chi connectivity index (χ2v) is 2.58. The number of hydroxylamine groups is 1. The third-order valence-electron chi connectivity index (χ3n) is 1.49. The summed E-state index contributed by atoms with van der Waals surface area (Å²) in [5, 5.41) is 9.28. The summed E-state index contributed by atoms with van der Waals surface area (Å²) >= 11 is 0. The maximum atomic E-state index is 8.52. The Hall–Kier alpha value is -0.120. The molecule has 62 valence electrons. The summed E-state index contributed by atoms with van der Waals surface area (Å²) in [6.07, 6.45) is 5.96. The highest BCUT2D eigenvalue weighted by Crippen LogP contribution is 2.01. The van der Waals surface area contributed by atoms with E-state index >= 15 is 0 Å². The van der Waals surface area contributed by atoms with E-state index in [-0.39, 0.29) is 0 Å². The van der Waals surface area contributed by atoms with Crippen molar-refractivity contribution in [2.45, 2.75) is 39.0 Å². The Morgan fingerprint density at radius 1 is 1.20 bits per heavy atom. The minimum absolute atomic E-state index is 0.587. The fourth-order valence-electron chi connectivity index (χ4n) is 0.877. The molecule has 3 nitrogen and oxygen atoms in total. The predicted molar refractivity (Wildman–Crippen MR) is 41.4 cm³/mol. The molecule has 0 aliphatic rings. The SMILES string of the molecule is CCCCCCCN(N)O. The van der Waals surface area contributed by atoms with Crippen LogP contribution in [0.15, 0.2) is 0 Å². The van der Waals surface area contributed by atoms with Gasteiger partial charge in [-0.1, -0.05) is 32.6 Å². The summed E-state index contributed by atoms with van der Waals surface area (Å²) < 4.78 is 0. The fourth-order valence-corrected chi connectivity index (χ4v) is 0.877. The van der Waals surface area contributed by atoms with Crippen molar-refractivity contribution in [3.8, 4) is 0 Å². The van der Waals surface area contributed by atoms with Gasteiger partial charge in [0.1, 0.15) is 0 Å². The van der Waals surface area contributed by atoms with Crippen molar-refractivity contribution < 1.29 is 5.21 Å². The van der Waals surface area contributed by atoms with Gasteiger partial charge < -0.3 is 0 Å². The normalized spacial score (nSPS) is 10.8. The van der Waals surface area contributed by atoms with E-state index < -0.39 is 0 Å². The zero-order valence-corrected chi connectivity index (χ0v) is 6.71. The van der Waals surface area contributed by atoms with Crippen LogP contribution in [0.2, 0.25) is 0 Å². The van der Waals surface area contributed by atoms with E-state index in [1.807, 2.05) is 0 Å². The van der Waals surface area contributed by atoms with Crippen LogP contribution in [0.5, 0.6) is 0 Å². The number of hydrogen-bond acceptors (Lipinski definition) is 3. The molecule has 0 fully saturated rings. The number of rotatable bonds is 6. The molecule has 3 N–H and O–H groups in total. The van der Waals surface area contributed by atoms with Crippen LogP contribution in [-0.2, 0) is 0 Å². The van der Waals surface area contributed by atoms with Crippen molar-refractivity contribution in [2.75, 3.05) is 6.54 Å². The summed E-state index contributed by atoms with van der Waals surface area (Å²) in [5.74, 6) is 5.00. The standard InChI is InChI=1S/C7H18N2O/c1-2-3-4-5-6-7-9(8)10/h10H,2-8H2,1H3. The van der Waals surface area contributed by atoms with E-state index in [1.54, 1.807) is 0 Å². The van der Waals surface area contributed by atoms with Crippen molar-refractivity contribution in [3.63, 3.8) is 0 Å². The molecule has 0 aromatic carbocycles. The summed E-state index contributed by atoms with van der Waals surface area (Å²) in [6, 6.07) is 0. The lowest BCUT2D eigenvalue weighted by Crippen LogP contribution is -2.27. The van der Waals surface area contributed by atoms with E-state index in [0.717, 1.165) is 11.6 Å². The van der Waals surface area contributed by atoms with Gasteiger partial charge in [-0.05, 0) is 6.42 Å². The molecule has 0 aromatic heterocycles. The maximum Gasteiger partial charge on any atom is 0.0396 e. The lowest BCUT2D eigenvalue weighted by Gasteiger charge is -2.05. The highest BCUT2D eigenvalue weighted by atomic mass is 16.5. The quantitative estimate of drug-likeness (QED) is 0.339. The zero-order valence-electron chi connectivity index (χ0n) is 6.71. The Bertz CT molecular complexity index is 66.6. The molecule has 0 aliphatic heterocycles. The minimum Gasteiger partial charge on any atom is -0.299 e. The summed E-state index contributed by atoms with van der Waals surface area (Å²) in [5.41, 5.74) is 0. The second kappa shape index (κ2) is 6.99. The number of unbranched alkanes of at least 4 members (excludes halogenated alkanes) is 4. The van der Waals surface area contributed by atoms with E-state index in [0.29, 0.717) is 6.54 Å². The Kier molecular flexibility index (Phi) is 6.91. The van der Waals surface area contributed by atoms with Gasteiger partial charge >= 0.3 is 0 Å². The van der Waals surface area contributed by atoms with Gasteiger partial charge in [-0.3, -0.25) is 5.21 Å². The summed E-state index contributed by atoms with van der Waals surface area (Å²) in [7, 11) is 0. The highest BCUT2D eigenvalue weighted by molar-refractivity contribution is 4.42. The molecule has 0 bridgehead atoms. The van der Waals surface area contributed by atoms with Crippen LogP contribution in [0.1, 0.15) is 39.0 Å². The van der Waals surface area contributed by atoms with E-state index in [4.69, 9.17) is 11.0 Å². The van der Waals surface area contributed by atoms with Crippen molar-refractivity contribution in [2.24, 2.45) is 5.84 Å². The summed E-state index contributed by atoms with van der Waals surface area (Å²) in [4.78, 5) is 0. The molecule has 0 atom stereocenters. The van der Waals surface area contributed by atoms with Crippen LogP contribution < -0.4 is 5.84 Å². The minimum atomic E-state index is 0.587. The molecular weight excluding hydrogens is 128 g/mol. The van der Waals surface area contributed by atoms with Gasteiger partial charge in [-0.2, -0.15) is 0 Å². The third-order valence-corrected chi connectivity index (χ3v) is 1.49. The van der Waals surface area contributed by atoms with Crippen LogP contribution in [0, 0.1) is 0 Å². The Labute approximate surface area is 62.7 Å². The Morgan fingerprint density at radius 2 is 1.80 bits per heavy atom. The lowest BCUT2D eigenvalue weighted by atomic mass is 10.2. The molecule has 0 radical (unpaired) electrons. The van der Waals surface area contributed by atoms with Gasteiger partial charge in [0, 0.05) is 6.54 Å². The third kappa shape index (κ3) is 7.88. The smallest absolute Gasteiger partial charge is 0.0396 e.